The van der Waals surface area contributed by atoms with Gasteiger partial charge in [0.2, 0.25) is 5.95 Å². The Morgan fingerprint density at radius 2 is 1.86 bits per heavy atom. The van der Waals surface area contributed by atoms with Gasteiger partial charge in [-0.3, -0.25) is 18.9 Å². The van der Waals surface area contributed by atoms with Crippen molar-refractivity contribution in [1.82, 2.24) is 19.1 Å². The summed E-state index contributed by atoms with van der Waals surface area (Å²) in [7, 11) is 1.58. The van der Waals surface area contributed by atoms with Crippen molar-refractivity contribution < 1.29 is 4.39 Å². The molecule has 0 bridgehead atoms. The number of nitrogens with one attached hydrogen (secondary N) is 1. The summed E-state index contributed by atoms with van der Waals surface area (Å²) in [5, 5.41) is 0. The maximum absolute atomic E-state index is 14.3. The number of aryl methyl sites for hydroxylation is 1. The van der Waals surface area contributed by atoms with E-state index in [0.29, 0.717) is 29.0 Å². The lowest BCUT2D eigenvalue weighted by Gasteiger charge is -2.35. The lowest BCUT2D eigenvalue weighted by atomic mass is 9.92. The van der Waals surface area contributed by atoms with Gasteiger partial charge in [-0.1, -0.05) is 32.0 Å². The molecule has 1 aliphatic heterocycles. The number of halogens is 1. The molecule has 0 aliphatic carbocycles. The van der Waals surface area contributed by atoms with Crippen LogP contribution in [0.3, 0.4) is 0 Å². The zero-order valence-electron chi connectivity index (χ0n) is 16.3. The second-order valence-electron chi connectivity index (χ2n) is 7.93. The van der Waals surface area contributed by atoms with Crippen LogP contribution in [0.1, 0.15) is 25.8 Å². The normalized spacial score (nSPS) is 20.1. The molecule has 3 aromatic rings. The van der Waals surface area contributed by atoms with Crippen LogP contribution in [0.4, 0.5) is 10.3 Å². The number of nitrogens with zero attached hydrogens (tertiary/aromatic N) is 4. The van der Waals surface area contributed by atoms with E-state index in [0.717, 1.165) is 19.5 Å². The number of rotatable bonds is 3. The molecule has 3 heterocycles. The van der Waals surface area contributed by atoms with E-state index in [1.807, 2.05) is 0 Å². The molecule has 0 radical (unpaired) electrons. The van der Waals surface area contributed by atoms with E-state index in [9.17, 15) is 14.0 Å². The topological polar surface area (TPSA) is 75.9 Å². The number of fused-ring (bicyclic) bond motifs is 1. The molecule has 2 atom stereocenters. The summed E-state index contributed by atoms with van der Waals surface area (Å²) in [5.41, 5.74) is 0.0397. The van der Waals surface area contributed by atoms with Gasteiger partial charge >= 0.3 is 5.69 Å². The maximum atomic E-state index is 14.3. The van der Waals surface area contributed by atoms with Gasteiger partial charge in [0.1, 0.15) is 5.82 Å². The van der Waals surface area contributed by atoms with Crippen molar-refractivity contribution in [3.8, 4) is 0 Å². The van der Waals surface area contributed by atoms with Crippen molar-refractivity contribution in [1.29, 1.82) is 0 Å². The molecule has 4 rings (SSSR count). The van der Waals surface area contributed by atoms with E-state index in [2.05, 4.69) is 28.7 Å². The molecular formula is C20H24FN5O2. The van der Waals surface area contributed by atoms with Gasteiger partial charge in [-0.15, -0.1) is 0 Å². The Balaban J connectivity index is 1.94. The zero-order chi connectivity index (χ0) is 20.0. The number of anilines is 1. The van der Waals surface area contributed by atoms with Gasteiger partial charge in [0.15, 0.2) is 11.2 Å². The minimum absolute atomic E-state index is 0.166. The SMILES string of the molecule is C[C@@H]1C[C@@H](C)CN(c2nc3c(c(=O)[nH]c(=O)n3C)n2Cc2ccccc2F)C1. The quantitative estimate of drug-likeness (QED) is 0.749. The predicted octanol–water partition coefficient (Wildman–Crippen LogP) is 2.09. The van der Waals surface area contributed by atoms with Crippen molar-refractivity contribution in [3.05, 3.63) is 56.5 Å². The molecule has 7 nitrogen and oxygen atoms in total. The first-order valence-electron chi connectivity index (χ1n) is 9.53. The molecule has 1 aromatic carbocycles. The molecule has 0 saturated carbocycles. The number of piperidine rings is 1. The van der Waals surface area contributed by atoms with Crippen molar-refractivity contribution in [2.45, 2.75) is 26.8 Å². The highest BCUT2D eigenvalue weighted by Crippen LogP contribution is 2.28. The Morgan fingerprint density at radius 1 is 1.18 bits per heavy atom. The highest BCUT2D eigenvalue weighted by atomic mass is 19.1. The standard InChI is InChI=1S/C20H24FN5O2/c1-12-8-13(2)10-25(9-12)19-22-17-16(18(27)23-20(28)24(17)3)26(19)11-14-6-4-5-7-15(14)21/h4-7,12-13H,8-11H2,1-3H3,(H,23,27,28)/t12-,13-/m1/s1. The Bertz CT molecular complexity index is 1140. The fraction of sp³-hybridized carbons (Fsp3) is 0.450. The van der Waals surface area contributed by atoms with Gasteiger partial charge in [-0.05, 0) is 24.3 Å². The Kier molecular flexibility index (Phi) is 4.56. The molecule has 28 heavy (non-hydrogen) atoms. The lowest BCUT2D eigenvalue weighted by Crippen LogP contribution is -2.40. The van der Waals surface area contributed by atoms with Crippen molar-refractivity contribution in [3.63, 3.8) is 0 Å². The molecule has 1 N–H and O–H groups in total. The molecule has 0 spiro atoms. The fourth-order valence-corrected chi connectivity index (χ4v) is 4.24. The van der Waals surface area contributed by atoms with Crippen LogP contribution in [0.15, 0.2) is 33.9 Å². The highest BCUT2D eigenvalue weighted by Gasteiger charge is 2.28. The van der Waals surface area contributed by atoms with Crippen LogP contribution in [-0.2, 0) is 13.6 Å². The van der Waals surface area contributed by atoms with E-state index in [1.165, 1.54) is 10.6 Å². The molecule has 1 aliphatic rings. The molecule has 1 fully saturated rings. The van der Waals surface area contributed by atoms with Crippen LogP contribution in [-0.4, -0.2) is 32.2 Å². The number of imidazole rings is 1. The van der Waals surface area contributed by atoms with Crippen LogP contribution in [0.2, 0.25) is 0 Å². The number of aromatic amines is 1. The summed E-state index contributed by atoms with van der Waals surface area (Å²) in [6.45, 7) is 6.15. The summed E-state index contributed by atoms with van der Waals surface area (Å²) in [6, 6.07) is 6.50. The summed E-state index contributed by atoms with van der Waals surface area (Å²) in [6.07, 6.45) is 1.13. The van der Waals surface area contributed by atoms with Crippen molar-refractivity contribution >= 4 is 17.1 Å². The third-order valence-electron chi connectivity index (χ3n) is 5.42. The van der Waals surface area contributed by atoms with Crippen LogP contribution < -0.4 is 16.1 Å². The Hall–Kier alpha value is -2.90. The van der Waals surface area contributed by atoms with Crippen LogP contribution in [0, 0.1) is 17.7 Å². The Labute approximate surface area is 161 Å². The molecular weight excluding hydrogens is 361 g/mol. The van der Waals surface area contributed by atoms with Crippen LogP contribution in [0.25, 0.3) is 11.2 Å². The molecule has 1 saturated heterocycles. The number of hydrogen-bond acceptors (Lipinski definition) is 4. The van der Waals surface area contributed by atoms with Crippen molar-refractivity contribution in [2.75, 3.05) is 18.0 Å². The summed E-state index contributed by atoms with van der Waals surface area (Å²) in [5.74, 6) is 1.22. The third-order valence-corrected chi connectivity index (χ3v) is 5.42. The van der Waals surface area contributed by atoms with Gasteiger partial charge in [0.25, 0.3) is 5.56 Å². The smallest absolute Gasteiger partial charge is 0.329 e. The number of benzene rings is 1. The first-order chi connectivity index (χ1) is 13.3. The largest absolute Gasteiger partial charge is 0.342 e. The van der Waals surface area contributed by atoms with Gasteiger partial charge in [-0.2, -0.15) is 4.98 Å². The summed E-state index contributed by atoms with van der Waals surface area (Å²) < 4.78 is 17.4. The van der Waals surface area contributed by atoms with Gasteiger partial charge in [0, 0.05) is 25.7 Å². The van der Waals surface area contributed by atoms with Crippen LogP contribution in [0.5, 0.6) is 0 Å². The molecule has 0 amide bonds. The van der Waals surface area contributed by atoms with Gasteiger partial charge < -0.3 is 4.90 Å². The molecule has 148 valence electrons. The predicted molar refractivity (Wildman–Crippen MR) is 106 cm³/mol. The Morgan fingerprint density at radius 3 is 2.54 bits per heavy atom. The van der Waals surface area contributed by atoms with Crippen LogP contribution >= 0.6 is 0 Å². The number of aromatic nitrogens is 4. The average Bonchev–Trinajstić information content (AvgIpc) is 3.01. The first kappa shape index (κ1) is 18.5. The number of hydrogen-bond donors (Lipinski definition) is 1. The maximum Gasteiger partial charge on any atom is 0.329 e. The average molecular weight is 385 g/mol. The fourth-order valence-electron chi connectivity index (χ4n) is 4.24. The molecule has 0 unspecified atom stereocenters. The van der Waals surface area contributed by atoms with E-state index < -0.39 is 11.2 Å². The monoisotopic (exact) mass is 385 g/mol. The lowest BCUT2D eigenvalue weighted by molar-refractivity contribution is 0.352. The summed E-state index contributed by atoms with van der Waals surface area (Å²) in [4.78, 5) is 33.8. The van der Waals surface area contributed by atoms with Crippen molar-refractivity contribution in [2.24, 2.45) is 18.9 Å². The second kappa shape index (κ2) is 6.92. The number of H-pyrrole nitrogens is 1. The van der Waals surface area contributed by atoms with E-state index in [-0.39, 0.29) is 17.9 Å². The van der Waals surface area contributed by atoms with Gasteiger partial charge in [-0.25, -0.2) is 9.18 Å². The summed E-state index contributed by atoms with van der Waals surface area (Å²) >= 11 is 0. The van der Waals surface area contributed by atoms with Gasteiger partial charge in [0.05, 0.1) is 6.54 Å². The van der Waals surface area contributed by atoms with E-state index >= 15 is 0 Å². The van der Waals surface area contributed by atoms with E-state index in [4.69, 9.17) is 0 Å². The van der Waals surface area contributed by atoms with E-state index in [1.54, 1.807) is 29.8 Å². The minimum atomic E-state index is -0.514. The first-order valence-corrected chi connectivity index (χ1v) is 9.53. The minimum Gasteiger partial charge on any atom is -0.342 e. The molecule has 8 heteroatoms. The molecule has 2 aromatic heterocycles. The highest BCUT2D eigenvalue weighted by molar-refractivity contribution is 5.74. The third kappa shape index (κ3) is 3.12. The second-order valence-corrected chi connectivity index (χ2v) is 7.93. The zero-order valence-corrected chi connectivity index (χ0v) is 16.3.